The van der Waals surface area contributed by atoms with Crippen LogP contribution in [0.1, 0.15) is 18.0 Å². The third-order valence-corrected chi connectivity index (χ3v) is 3.61. The summed E-state index contributed by atoms with van der Waals surface area (Å²) >= 11 is 0.832. The molecule has 0 saturated heterocycles. The lowest BCUT2D eigenvalue weighted by molar-refractivity contribution is 0.0657. The van der Waals surface area contributed by atoms with E-state index in [1.165, 1.54) is 0 Å². The predicted octanol–water partition coefficient (Wildman–Crippen LogP) is -0.863. The molecule has 0 spiro atoms. The first-order valence-electron chi connectivity index (χ1n) is 3.17. The van der Waals surface area contributed by atoms with Crippen LogP contribution in [0.2, 0.25) is 0 Å². The molecule has 0 aliphatic carbocycles. The molecule has 1 aromatic heterocycles. The quantitative estimate of drug-likeness (QED) is 0.644. The standard InChI is InChI=1S/C4H8N4O3S2/c1-2(11-5)3-7-8-4(12-3)13(6,9)10/h2H,5H2,1H3,(H2,6,9,10). The maximum Gasteiger partial charge on any atom is 0.267 e. The van der Waals surface area contributed by atoms with Gasteiger partial charge in [0.2, 0.25) is 4.34 Å². The van der Waals surface area contributed by atoms with E-state index in [-0.39, 0.29) is 4.34 Å². The summed E-state index contributed by atoms with van der Waals surface area (Å²) in [6.45, 7) is 1.62. The van der Waals surface area contributed by atoms with Crippen molar-refractivity contribution in [3.63, 3.8) is 0 Å². The molecule has 0 aliphatic heterocycles. The monoisotopic (exact) mass is 224 g/mol. The summed E-state index contributed by atoms with van der Waals surface area (Å²) in [7, 11) is -3.78. The summed E-state index contributed by atoms with van der Waals surface area (Å²) in [6.07, 6.45) is -0.493. The number of sulfonamides is 1. The third kappa shape index (κ3) is 2.42. The van der Waals surface area contributed by atoms with Crippen molar-refractivity contribution in [1.29, 1.82) is 0 Å². The van der Waals surface area contributed by atoms with E-state index in [2.05, 4.69) is 15.0 Å². The van der Waals surface area contributed by atoms with Crippen molar-refractivity contribution in [3.05, 3.63) is 5.01 Å². The Labute approximate surface area is 78.7 Å². The minimum absolute atomic E-state index is 0.244. The van der Waals surface area contributed by atoms with Crippen LogP contribution < -0.4 is 11.0 Å². The predicted molar refractivity (Wildman–Crippen MR) is 45.0 cm³/mol. The molecule has 1 rings (SSSR count). The average molecular weight is 224 g/mol. The van der Waals surface area contributed by atoms with Gasteiger partial charge in [-0.25, -0.2) is 19.5 Å². The molecular weight excluding hydrogens is 216 g/mol. The molecule has 0 aromatic carbocycles. The van der Waals surface area contributed by atoms with E-state index >= 15 is 0 Å². The number of hydrogen-bond donors (Lipinski definition) is 2. The van der Waals surface area contributed by atoms with Crippen molar-refractivity contribution >= 4 is 21.4 Å². The van der Waals surface area contributed by atoms with E-state index in [1.54, 1.807) is 6.92 Å². The van der Waals surface area contributed by atoms with E-state index in [0.717, 1.165) is 11.3 Å². The lowest BCUT2D eigenvalue weighted by Crippen LogP contribution is -2.11. The number of nitrogens with two attached hydrogens (primary N) is 2. The Bertz CT molecular complexity index is 386. The van der Waals surface area contributed by atoms with Gasteiger partial charge in [0.05, 0.1) is 0 Å². The number of rotatable bonds is 3. The molecule has 0 fully saturated rings. The highest BCUT2D eigenvalue weighted by atomic mass is 32.2. The number of primary sulfonamides is 1. The van der Waals surface area contributed by atoms with E-state index < -0.39 is 16.1 Å². The normalized spacial score (nSPS) is 14.4. The van der Waals surface area contributed by atoms with Gasteiger partial charge < -0.3 is 0 Å². The fraction of sp³-hybridized carbons (Fsp3) is 0.500. The lowest BCUT2D eigenvalue weighted by Gasteiger charge is -2.00. The Balaban J connectivity index is 3.00. The second-order valence-electron chi connectivity index (χ2n) is 2.23. The highest BCUT2D eigenvalue weighted by Gasteiger charge is 2.18. The molecule has 74 valence electrons. The van der Waals surface area contributed by atoms with Crippen LogP contribution in [0.5, 0.6) is 0 Å². The average Bonchev–Trinajstić information content (AvgIpc) is 2.50. The van der Waals surface area contributed by atoms with Crippen LogP contribution in [0.25, 0.3) is 0 Å². The van der Waals surface area contributed by atoms with E-state index in [1.807, 2.05) is 0 Å². The molecule has 1 atom stereocenters. The molecule has 1 heterocycles. The van der Waals surface area contributed by atoms with E-state index in [9.17, 15) is 8.42 Å². The van der Waals surface area contributed by atoms with Crippen LogP contribution in [0.4, 0.5) is 0 Å². The van der Waals surface area contributed by atoms with Gasteiger partial charge in [0.15, 0.2) is 0 Å². The van der Waals surface area contributed by atoms with Gasteiger partial charge in [0, 0.05) is 0 Å². The fourth-order valence-corrected chi connectivity index (χ4v) is 2.00. The third-order valence-electron chi connectivity index (χ3n) is 1.22. The van der Waals surface area contributed by atoms with Crippen LogP contribution in [0, 0.1) is 0 Å². The molecule has 0 bridgehead atoms. The topological polar surface area (TPSA) is 121 Å². The van der Waals surface area contributed by atoms with Crippen molar-refractivity contribution in [1.82, 2.24) is 10.2 Å². The summed E-state index contributed by atoms with van der Waals surface area (Å²) in [4.78, 5) is 4.43. The van der Waals surface area contributed by atoms with E-state index in [4.69, 9.17) is 11.0 Å². The second kappa shape index (κ2) is 3.64. The summed E-state index contributed by atoms with van der Waals surface area (Å²) in [5.74, 6) is 4.88. The Morgan fingerprint density at radius 1 is 1.54 bits per heavy atom. The highest BCUT2D eigenvalue weighted by Crippen LogP contribution is 2.21. The molecule has 0 saturated carbocycles. The van der Waals surface area contributed by atoms with Gasteiger partial charge in [0.1, 0.15) is 11.1 Å². The zero-order chi connectivity index (χ0) is 10.1. The van der Waals surface area contributed by atoms with Crippen molar-refractivity contribution in [3.8, 4) is 0 Å². The minimum Gasteiger partial charge on any atom is -0.294 e. The Kier molecular flexibility index (Phi) is 2.93. The summed E-state index contributed by atoms with van der Waals surface area (Å²) < 4.78 is 21.3. The first-order chi connectivity index (χ1) is 5.95. The lowest BCUT2D eigenvalue weighted by atomic mass is 10.4. The molecular formula is C4H8N4O3S2. The molecule has 0 aliphatic rings. The zero-order valence-corrected chi connectivity index (χ0v) is 8.30. The fourth-order valence-electron chi connectivity index (χ4n) is 0.558. The van der Waals surface area contributed by atoms with Gasteiger partial charge >= 0.3 is 0 Å². The first kappa shape index (κ1) is 10.5. The van der Waals surface area contributed by atoms with Crippen LogP contribution in [0.3, 0.4) is 0 Å². The maximum atomic E-state index is 10.8. The van der Waals surface area contributed by atoms with Crippen molar-refractivity contribution < 1.29 is 13.3 Å². The number of nitrogens with zero attached hydrogens (tertiary/aromatic N) is 2. The number of aromatic nitrogens is 2. The van der Waals surface area contributed by atoms with Crippen LogP contribution in [-0.2, 0) is 14.9 Å². The largest absolute Gasteiger partial charge is 0.294 e. The van der Waals surface area contributed by atoms with Gasteiger partial charge in [-0.05, 0) is 6.92 Å². The SMILES string of the molecule is CC(ON)c1nnc(S(N)(=O)=O)s1. The molecule has 13 heavy (non-hydrogen) atoms. The summed E-state index contributed by atoms with van der Waals surface area (Å²) in [6, 6.07) is 0. The van der Waals surface area contributed by atoms with Crippen LogP contribution >= 0.6 is 11.3 Å². The smallest absolute Gasteiger partial charge is 0.267 e. The molecule has 1 unspecified atom stereocenters. The van der Waals surface area contributed by atoms with Gasteiger partial charge in [0.25, 0.3) is 10.0 Å². The van der Waals surface area contributed by atoms with Crippen LogP contribution in [-0.4, -0.2) is 18.6 Å². The molecule has 4 N–H and O–H groups in total. The van der Waals surface area contributed by atoms with Crippen molar-refractivity contribution in [2.24, 2.45) is 11.0 Å². The van der Waals surface area contributed by atoms with Crippen molar-refractivity contribution in [2.75, 3.05) is 0 Å². The van der Waals surface area contributed by atoms with E-state index in [0.29, 0.717) is 5.01 Å². The molecule has 0 amide bonds. The molecule has 9 heteroatoms. The van der Waals surface area contributed by atoms with Crippen molar-refractivity contribution in [2.45, 2.75) is 17.4 Å². The maximum absolute atomic E-state index is 10.8. The Morgan fingerprint density at radius 2 is 2.15 bits per heavy atom. The number of hydrogen-bond acceptors (Lipinski definition) is 7. The van der Waals surface area contributed by atoms with Gasteiger partial charge in [-0.2, -0.15) is 0 Å². The Hall–Kier alpha value is -0.610. The summed E-state index contributed by atoms with van der Waals surface area (Å²) in [5, 5.41) is 12.1. The Morgan fingerprint density at radius 3 is 2.54 bits per heavy atom. The minimum atomic E-state index is -3.78. The van der Waals surface area contributed by atoms with Gasteiger partial charge in [-0.3, -0.25) is 4.84 Å². The second-order valence-corrected chi connectivity index (χ2v) is 4.97. The van der Waals surface area contributed by atoms with Crippen LogP contribution in [0.15, 0.2) is 4.34 Å². The molecule has 0 radical (unpaired) electrons. The van der Waals surface area contributed by atoms with Gasteiger partial charge in [-0.1, -0.05) is 11.3 Å². The molecule has 1 aromatic rings. The summed E-state index contributed by atoms with van der Waals surface area (Å²) in [5.41, 5.74) is 0. The molecule has 7 nitrogen and oxygen atoms in total. The van der Waals surface area contributed by atoms with Gasteiger partial charge in [-0.15, -0.1) is 10.2 Å². The highest BCUT2D eigenvalue weighted by molar-refractivity contribution is 7.91. The first-order valence-corrected chi connectivity index (χ1v) is 5.53. The zero-order valence-electron chi connectivity index (χ0n) is 6.67.